The lowest BCUT2D eigenvalue weighted by Crippen LogP contribution is -2.45. The summed E-state index contributed by atoms with van der Waals surface area (Å²) >= 11 is 17.5. The van der Waals surface area contributed by atoms with Gasteiger partial charge in [-0.05, 0) is 55.5 Å². The Labute approximate surface area is 213 Å². The van der Waals surface area contributed by atoms with Crippen LogP contribution < -0.4 is 4.90 Å². The molecule has 1 heterocycles. The van der Waals surface area contributed by atoms with E-state index in [2.05, 4.69) is 4.90 Å². The predicted octanol–water partition coefficient (Wildman–Crippen LogP) is 6.63. The maximum atomic E-state index is 12.7. The second kappa shape index (κ2) is 14.1. The number of hydrogen-bond donors (Lipinski definition) is 1. The molecule has 1 amide bonds. The van der Waals surface area contributed by atoms with Crippen molar-refractivity contribution >= 4 is 46.9 Å². The summed E-state index contributed by atoms with van der Waals surface area (Å²) in [6.45, 7) is 4.48. The molecular weight excluding hydrogens is 505 g/mol. The second-order valence-corrected chi connectivity index (χ2v) is 8.64. The van der Waals surface area contributed by atoms with E-state index in [0.29, 0.717) is 10.0 Å². The van der Waals surface area contributed by atoms with Gasteiger partial charge in [0.15, 0.2) is 0 Å². The van der Waals surface area contributed by atoms with E-state index < -0.39 is 17.7 Å². The van der Waals surface area contributed by atoms with E-state index in [4.69, 9.17) is 39.9 Å². The molecule has 4 rings (SSSR count). The van der Waals surface area contributed by atoms with Crippen LogP contribution in [-0.4, -0.2) is 42.6 Å². The van der Waals surface area contributed by atoms with E-state index in [0.717, 1.165) is 61.5 Å². The minimum absolute atomic E-state index is 0.00926. The predicted molar refractivity (Wildman–Crippen MR) is 135 cm³/mol. The third-order valence-corrected chi connectivity index (χ3v) is 5.64. The molecule has 4 nitrogen and oxygen atoms in total. The monoisotopic (exact) mass is 528 g/mol. The van der Waals surface area contributed by atoms with Crippen molar-refractivity contribution in [2.75, 3.05) is 31.1 Å². The van der Waals surface area contributed by atoms with Gasteiger partial charge in [-0.15, -0.1) is 0 Å². The zero-order chi connectivity index (χ0) is 25.1. The maximum Gasteiger partial charge on any atom is 0.209 e. The molecule has 0 aliphatic carbocycles. The number of rotatable bonds is 3. The van der Waals surface area contributed by atoms with Crippen LogP contribution in [0.5, 0.6) is 0 Å². The second-order valence-electron chi connectivity index (χ2n) is 7.36. The van der Waals surface area contributed by atoms with E-state index in [1.54, 1.807) is 11.0 Å². The molecule has 1 N–H and O–H groups in total. The van der Waals surface area contributed by atoms with Crippen LogP contribution in [0.15, 0.2) is 66.7 Å². The average Bonchev–Trinajstić information content (AvgIpc) is 2.82. The molecule has 34 heavy (non-hydrogen) atoms. The average molecular weight is 530 g/mol. The summed E-state index contributed by atoms with van der Waals surface area (Å²) in [5.74, 6) is -1.12. The van der Waals surface area contributed by atoms with E-state index in [-0.39, 0.29) is 5.56 Å². The third kappa shape index (κ3) is 9.11. The standard InChI is InChI=1S/C11H12Cl2N2O.C8H8F2O.C6H5Cl/c12-9-1-2-11(10(13)7-9)15-5-3-14(8-16)4-6-15;1-5(11)7-4-6(9)2-3-8(7)10;7-6-4-2-1-3-5-6/h1-2,7-8H,3-6H2;2-5,11H,1H3;1-5H. The van der Waals surface area contributed by atoms with Crippen molar-refractivity contribution in [3.05, 3.63) is 99.0 Å². The number of piperazine rings is 1. The highest BCUT2D eigenvalue weighted by Gasteiger charge is 2.17. The Balaban J connectivity index is 0.000000196. The van der Waals surface area contributed by atoms with Crippen molar-refractivity contribution in [2.24, 2.45) is 0 Å². The van der Waals surface area contributed by atoms with Gasteiger partial charge in [0.1, 0.15) is 11.6 Å². The van der Waals surface area contributed by atoms with Crippen molar-refractivity contribution in [1.29, 1.82) is 0 Å². The smallest absolute Gasteiger partial charge is 0.209 e. The minimum atomic E-state index is -0.967. The Kier molecular flexibility index (Phi) is 11.6. The van der Waals surface area contributed by atoms with E-state index in [9.17, 15) is 13.6 Å². The van der Waals surface area contributed by atoms with Gasteiger partial charge in [0.25, 0.3) is 0 Å². The number of nitrogens with zero attached hydrogens (tertiary/aromatic N) is 2. The first kappa shape index (κ1) is 27.9. The molecule has 9 heteroatoms. The van der Waals surface area contributed by atoms with Crippen LogP contribution in [-0.2, 0) is 4.79 Å². The number of carbonyl (C=O) groups is 1. The van der Waals surface area contributed by atoms with Crippen LogP contribution in [0.3, 0.4) is 0 Å². The molecule has 1 unspecified atom stereocenters. The first-order valence-electron chi connectivity index (χ1n) is 10.4. The first-order chi connectivity index (χ1) is 16.2. The van der Waals surface area contributed by atoms with Gasteiger partial charge < -0.3 is 14.9 Å². The largest absolute Gasteiger partial charge is 0.389 e. The van der Waals surface area contributed by atoms with Crippen LogP contribution in [0.2, 0.25) is 15.1 Å². The van der Waals surface area contributed by atoms with Gasteiger partial charge in [-0.25, -0.2) is 8.78 Å². The number of aliphatic hydroxyl groups is 1. The summed E-state index contributed by atoms with van der Waals surface area (Å²) < 4.78 is 25.1. The molecule has 0 aromatic heterocycles. The first-order valence-corrected chi connectivity index (χ1v) is 11.6. The lowest BCUT2D eigenvalue weighted by molar-refractivity contribution is -0.118. The Morgan fingerprint density at radius 3 is 2.00 bits per heavy atom. The van der Waals surface area contributed by atoms with E-state index >= 15 is 0 Å². The highest BCUT2D eigenvalue weighted by Crippen LogP contribution is 2.29. The number of halogens is 5. The molecule has 3 aromatic carbocycles. The van der Waals surface area contributed by atoms with Crippen molar-refractivity contribution < 1.29 is 18.7 Å². The van der Waals surface area contributed by atoms with Crippen LogP contribution in [0.25, 0.3) is 0 Å². The fourth-order valence-corrected chi connectivity index (χ4v) is 3.73. The number of benzene rings is 3. The number of hydrogen-bond acceptors (Lipinski definition) is 3. The maximum absolute atomic E-state index is 12.7. The van der Waals surface area contributed by atoms with Crippen LogP contribution >= 0.6 is 34.8 Å². The highest BCUT2D eigenvalue weighted by atomic mass is 35.5. The van der Waals surface area contributed by atoms with Gasteiger partial charge in [-0.3, -0.25) is 4.79 Å². The number of carbonyl (C=O) groups excluding carboxylic acids is 1. The van der Waals surface area contributed by atoms with E-state index in [1.807, 2.05) is 42.5 Å². The fraction of sp³-hybridized carbons (Fsp3) is 0.240. The Morgan fingerprint density at radius 1 is 0.882 bits per heavy atom. The van der Waals surface area contributed by atoms with Crippen LogP contribution in [0.4, 0.5) is 14.5 Å². The molecule has 0 bridgehead atoms. The van der Waals surface area contributed by atoms with Gasteiger partial charge in [0.05, 0.1) is 16.8 Å². The quantitative estimate of drug-likeness (QED) is 0.387. The number of amides is 1. The molecule has 1 saturated heterocycles. The Hall–Kier alpha value is -2.38. The van der Waals surface area contributed by atoms with Gasteiger partial charge in [-0.2, -0.15) is 0 Å². The highest BCUT2D eigenvalue weighted by molar-refractivity contribution is 6.36. The van der Waals surface area contributed by atoms with Crippen LogP contribution in [0.1, 0.15) is 18.6 Å². The Morgan fingerprint density at radius 2 is 1.53 bits per heavy atom. The summed E-state index contributed by atoms with van der Waals surface area (Å²) in [6.07, 6.45) is -0.0773. The summed E-state index contributed by atoms with van der Waals surface area (Å²) in [5, 5.41) is 11.0. The molecule has 0 saturated carbocycles. The normalized spacial score (nSPS) is 13.7. The van der Waals surface area contributed by atoms with Crippen molar-refractivity contribution in [3.8, 4) is 0 Å². The van der Waals surface area contributed by atoms with Gasteiger partial charge in [0, 0.05) is 41.8 Å². The summed E-state index contributed by atoms with van der Waals surface area (Å²) in [4.78, 5) is 14.5. The SMILES string of the molecule is CC(O)c1cc(F)ccc1F.Clc1ccccc1.O=CN1CCN(c2ccc(Cl)cc2Cl)CC1. The van der Waals surface area contributed by atoms with Crippen LogP contribution in [0, 0.1) is 11.6 Å². The third-order valence-electron chi connectivity index (χ3n) is 4.85. The molecule has 1 aliphatic heterocycles. The van der Waals surface area contributed by atoms with Crippen molar-refractivity contribution in [1.82, 2.24) is 4.90 Å². The molecule has 0 spiro atoms. The molecule has 0 radical (unpaired) electrons. The zero-order valence-electron chi connectivity index (χ0n) is 18.5. The summed E-state index contributed by atoms with van der Waals surface area (Å²) in [7, 11) is 0. The Bertz CT molecular complexity index is 1050. The van der Waals surface area contributed by atoms with Crippen molar-refractivity contribution in [2.45, 2.75) is 13.0 Å². The lowest BCUT2D eigenvalue weighted by Gasteiger charge is -2.34. The number of aliphatic hydroxyl groups excluding tert-OH is 1. The molecule has 1 aliphatic rings. The number of anilines is 1. The molecule has 1 atom stereocenters. The van der Waals surface area contributed by atoms with Crippen molar-refractivity contribution in [3.63, 3.8) is 0 Å². The van der Waals surface area contributed by atoms with Gasteiger partial charge in [-0.1, -0.05) is 53.0 Å². The molecular formula is C25H25Cl3F2N2O2. The molecule has 3 aromatic rings. The molecule has 1 fully saturated rings. The lowest BCUT2D eigenvalue weighted by atomic mass is 10.1. The fourth-order valence-electron chi connectivity index (χ4n) is 3.06. The van der Waals surface area contributed by atoms with E-state index in [1.165, 1.54) is 6.92 Å². The van der Waals surface area contributed by atoms with Gasteiger partial charge in [0.2, 0.25) is 6.41 Å². The zero-order valence-corrected chi connectivity index (χ0v) is 20.7. The molecule has 182 valence electrons. The summed E-state index contributed by atoms with van der Waals surface area (Å²) in [6, 6.07) is 17.9. The minimum Gasteiger partial charge on any atom is -0.389 e. The topological polar surface area (TPSA) is 43.8 Å². The summed E-state index contributed by atoms with van der Waals surface area (Å²) in [5.41, 5.74) is 0.974. The van der Waals surface area contributed by atoms with Gasteiger partial charge >= 0.3 is 0 Å².